The van der Waals surface area contributed by atoms with E-state index in [0.717, 1.165) is 0 Å². The van der Waals surface area contributed by atoms with Gasteiger partial charge in [-0.3, -0.25) is 14.6 Å². The number of hydrogen-bond acceptors (Lipinski definition) is 5. The molecule has 0 saturated carbocycles. The number of furan rings is 1. The maximum absolute atomic E-state index is 14.0. The van der Waals surface area contributed by atoms with Crippen LogP contribution >= 0.6 is 0 Å². The van der Waals surface area contributed by atoms with Crippen molar-refractivity contribution in [1.82, 2.24) is 4.98 Å². The normalized spacial score (nSPS) is 13.6. The fraction of sp³-hybridized carbons (Fsp3) is 0.0952. The Morgan fingerprint density at radius 2 is 2.00 bits per heavy atom. The van der Waals surface area contributed by atoms with Crippen molar-refractivity contribution in [3.63, 3.8) is 0 Å². The SMILES string of the molecule is CC(=O)C1=C(C)c2c(O)[nH]c(=O)/c(=C/c3ccc(-c4ccccc4F)o3)c2=N1. The molecular formula is C21H15FN2O4. The molecule has 28 heavy (non-hydrogen) atoms. The van der Waals surface area contributed by atoms with Gasteiger partial charge in [0.25, 0.3) is 5.56 Å². The van der Waals surface area contributed by atoms with Crippen LogP contribution in [0.15, 0.2) is 56.3 Å². The van der Waals surface area contributed by atoms with Gasteiger partial charge in [-0.25, -0.2) is 9.38 Å². The van der Waals surface area contributed by atoms with E-state index in [1.165, 1.54) is 19.1 Å². The van der Waals surface area contributed by atoms with Crippen molar-refractivity contribution in [3.05, 3.63) is 80.2 Å². The smallest absolute Gasteiger partial charge is 0.260 e. The predicted octanol–water partition coefficient (Wildman–Crippen LogP) is 2.26. The third-order valence-electron chi connectivity index (χ3n) is 4.55. The van der Waals surface area contributed by atoms with E-state index in [1.807, 2.05) is 0 Å². The van der Waals surface area contributed by atoms with Gasteiger partial charge in [-0.15, -0.1) is 0 Å². The number of halogens is 1. The summed E-state index contributed by atoms with van der Waals surface area (Å²) in [5, 5.41) is 10.5. The molecule has 2 aromatic heterocycles. The molecular weight excluding hydrogens is 363 g/mol. The zero-order valence-electron chi connectivity index (χ0n) is 15.0. The average Bonchev–Trinajstić information content (AvgIpc) is 3.24. The highest BCUT2D eigenvalue weighted by molar-refractivity contribution is 6.02. The average molecular weight is 378 g/mol. The predicted molar refractivity (Wildman–Crippen MR) is 100 cm³/mol. The monoisotopic (exact) mass is 378 g/mol. The molecule has 0 atom stereocenters. The number of carbonyl (C=O) groups excluding carboxylic acids is 1. The van der Waals surface area contributed by atoms with Gasteiger partial charge in [0.15, 0.2) is 5.78 Å². The molecule has 3 aromatic rings. The van der Waals surface area contributed by atoms with Crippen LogP contribution < -0.4 is 16.1 Å². The van der Waals surface area contributed by atoms with Gasteiger partial charge in [-0.05, 0) is 42.8 Å². The summed E-state index contributed by atoms with van der Waals surface area (Å²) in [6.45, 7) is 3.01. The number of H-pyrrole nitrogens is 1. The molecule has 1 aromatic carbocycles. The lowest BCUT2D eigenvalue weighted by Crippen LogP contribution is -2.41. The zero-order valence-corrected chi connectivity index (χ0v) is 15.0. The molecule has 140 valence electrons. The number of hydrogen-bond donors (Lipinski definition) is 2. The van der Waals surface area contributed by atoms with Crippen molar-refractivity contribution in [1.29, 1.82) is 0 Å². The number of allylic oxidation sites excluding steroid dienone is 2. The zero-order chi connectivity index (χ0) is 20.0. The molecule has 0 radical (unpaired) electrons. The number of nitrogens with one attached hydrogen (secondary N) is 1. The van der Waals surface area contributed by atoms with E-state index in [2.05, 4.69) is 9.98 Å². The number of aromatic amines is 1. The molecule has 7 heteroatoms. The maximum Gasteiger partial charge on any atom is 0.260 e. The van der Waals surface area contributed by atoms with Crippen LogP contribution in [0, 0.1) is 5.82 Å². The number of benzene rings is 1. The Morgan fingerprint density at radius 1 is 1.25 bits per heavy atom. The van der Waals surface area contributed by atoms with Crippen LogP contribution in [0.2, 0.25) is 0 Å². The standard InChI is InChI=1S/C21H15FN2O4/c1-10-17-19(23-18(10)11(2)25)14(20(26)24-21(17)27)9-12-7-8-16(28-12)13-5-3-4-6-15(13)22/h3-9,27H,1-2H3,(H,24,26)/b14-9+. The minimum atomic E-state index is -0.582. The minimum absolute atomic E-state index is 0.137. The third-order valence-corrected chi connectivity index (χ3v) is 4.55. The number of aromatic hydroxyl groups is 1. The number of rotatable bonds is 3. The van der Waals surface area contributed by atoms with Gasteiger partial charge in [-0.2, -0.15) is 0 Å². The highest BCUT2D eigenvalue weighted by Gasteiger charge is 2.22. The second-order valence-corrected chi connectivity index (χ2v) is 6.41. The van der Waals surface area contributed by atoms with Gasteiger partial charge in [-0.1, -0.05) is 12.1 Å². The van der Waals surface area contributed by atoms with E-state index < -0.39 is 11.4 Å². The lowest BCUT2D eigenvalue weighted by molar-refractivity contribution is -0.113. The summed E-state index contributed by atoms with van der Waals surface area (Å²) in [7, 11) is 0. The molecule has 0 unspecified atom stereocenters. The number of fused-ring (bicyclic) bond motifs is 1. The summed E-state index contributed by atoms with van der Waals surface area (Å²) in [4.78, 5) is 30.8. The second-order valence-electron chi connectivity index (χ2n) is 6.41. The number of carbonyl (C=O) groups is 1. The molecule has 1 aliphatic rings. The van der Waals surface area contributed by atoms with Gasteiger partial charge in [0, 0.05) is 6.92 Å². The van der Waals surface area contributed by atoms with Gasteiger partial charge >= 0.3 is 0 Å². The van der Waals surface area contributed by atoms with Gasteiger partial charge < -0.3 is 9.52 Å². The van der Waals surface area contributed by atoms with Crippen molar-refractivity contribution in [3.8, 4) is 17.2 Å². The first-order valence-electron chi connectivity index (χ1n) is 8.49. The Kier molecular flexibility index (Phi) is 4.07. The van der Waals surface area contributed by atoms with E-state index in [1.54, 1.807) is 37.3 Å². The van der Waals surface area contributed by atoms with Crippen molar-refractivity contribution in [2.24, 2.45) is 4.99 Å². The summed E-state index contributed by atoms with van der Waals surface area (Å²) in [5.41, 5.74) is 0.689. The molecule has 0 spiro atoms. The van der Waals surface area contributed by atoms with Crippen LogP contribution in [0.3, 0.4) is 0 Å². The van der Waals surface area contributed by atoms with E-state index in [0.29, 0.717) is 28.2 Å². The molecule has 0 amide bonds. The summed E-state index contributed by atoms with van der Waals surface area (Å²) in [6, 6.07) is 9.39. The van der Waals surface area contributed by atoms with Crippen LogP contribution in [0.1, 0.15) is 25.2 Å². The van der Waals surface area contributed by atoms with Gasteiger partial charge in [0.2, 0.25) is 5.88 Å². The highest BCUT2D eigenvalue weighted by atomic mass is 19.1. The molecule has 2 N–H and O–H groups in total. The van der Waals surface area contributed by atoms with E-state index in [4.69, 9.17) is 4.42 Å². The Bertz CT molecular complexity index is 1350. The summed E-state index contributed by atoms with van der Waals surface area (Å²) < 4.78 is 19.6. The second kappa shape index (κ2) is 6.45. The highest BCUT2D eigenvalue weighted by Crippen LogP contribution is 2.26. The molecule has 0 fully saturated rings. The van der Waals surface area contributed by atoms with Crippen molar-refractivity contribution in [2.75, 3.05) is 0 Å². The van der Waals surface area contributed by atoms with E-state index in [9.17, 15) is 19.1 Å². The number of pyridine rings is 1. The van der Waals surface area contributed by atoms with Crippen molar-refractivity contribution < 1.29 is 18.7 Å². The Hall–Kier alpha value is -3.74. The summed E-state index contributed by atoms with van der Waals surface area (Å²) >= 11 is 0. The van der Waals surface area contributed by atoms with Crippen molar-refractivity contribution in [2.45, 2.75) is 13.8 Å². The number of ketones is 1. The number of nitrogens with zero attached hydrogens (tertiary/aromatic N) is 1. The molecule has 4 rings (SSSR count). The van der Waals surface area contributed by atoms with Crippen LogP contribution in [0.25, 0.3) is 23.0 Å². The van der Waals surface area contributed by atoms with Gasteiger partial charge in [0.1, 0.15) is 23.0 Å². The lowest BCUT2D eigenvalue weighted by atomic mass is 10.1. The molecule has 1 aliphatic heterocycles. The Morgan fingerprint density at radius 3 is 2.71 bits per heavy atom. The van der Waals surface area contributed by atoms with Crippen LogP contribution in [0.4, 0.5) is 4.39 Å². The van der Waals surface area contributed by atoms with E-state index in [-0.39, 0.29) is 27.9 Å². The quantitative estimate of drug-likeness (QED) is 0.731. The Labute approximate surface area is 158 Å². The fourth-order valence-electron chi connectivity index (χ4n) is 3.23. The number of aromatic nitrogens is 1. The first kappa shape index (κ1) is 17.7. The van der Waals surface area contributed by atoms with Crippen molar-refractivity contribution >= 4 is 17.4 Å². The van der Waals surface area contributed by atoms with Crippen LogP contribution in [0.5, 0.6) is 5.88 Å². The molecule has 3 heterocycles. The lowest BCUT2D eigenvalue weighted by Gasteiger charge is -2.01. The topological polar surface area (TPSA) is 95.7 Å². The van der Waals surface area contributed by atoms with Crippen LogP contribution in [-0.2, 0) is 4.79 Å². The Balaban J connectivity index is 1.91. The third kappa shape index (κ3) is 2.77. The minimum Gasteiger partial charge on any atom is -0.494 e. The number of Topliss-reactive ketones (excluding diaryl/α,β-unsaturated/α-hetero) is 1. The largest absolute Gasteiger partial charge is 0.494 e. The maximum atomic E-state index is 14.0. The molecule has 0 aliphatic carbocycles. The molecule has 0 saturated heterocycles. The fourth-order valence-corrected chi connectivity index (χ4v) is 3.23. The first-order chi connectivity index (χ1) is 13.4. The first-order valence-corrected chi connectivity index (χ1v) is 8.49. The molecule has 0 bridgehead atoms. The molecule has 6 nitrogen and oxygen atoms in total. The summed E-state index contributed by atoms with van der Waals surface area (Å²) in [5.74, 6) is -0.423. The van der Waals surface area contributed by atoms with Gasteiger partial charge in [0.05, 0.1) is 21.7 Å². The summed E-state index contributed by atoms with van der Waals surface area (Å²) in [6.07, 6.45) is 1.45. The van der Waals surface area contributed by atoms with Crippen LogP contribution in [-0.4, -0.2) is 15.9 Å². The van der Waals surface area contributed by atoms with E-state index >= 15 is 0 Å².